The summed E-state index contributed by atoms with van der Waals surface area (Å²) in [4.78, 5) is 0. The Labute approximate surface area is 172 Å². The van der Waals surface area contributed by atoms with Crippen LogP contribution in [0.4, 0.5) is 0 Å². The average molecular weight is 386 g/mol. The largest absolute Gasteiger partial charge is 0.379 e. The van der Waals surface area contributed by atoms with Crippen molar-refractivity contribution >= 4 is 0 Å². The number of benzene rings is 3. The molecule has 3 nitrogen and oxygen atoms in total. The van der Waals surface area contributed by atoms with Gasteiger partial charge < -0.3 is 15.2 Å². The molecule has 1 atom stereocenters. The van der Waals surface area contributed by atoms with Gasteiger partial charge in [-0.25, -0.2) is 0 Å². The van der Waals surface area contributed by atoms with Crippen LogP contribution in [0.25, 0.3) is 22.3 Å². The van der Waals surface area contributed by atoms with Crippen LogP contribution in [-0.4, -0.2) is 25.9 Å². The van der Waals surface area contributed by atoms with E-state index >= 15 is 0 Å². The number of aryl methyl sites for hydroxylation is 1. The predicted molar refractivity (Wildman–Crippen MR) is 117 cm³/mol. The lowest BCUT2D eigenvalue weighted by atomic mass is 9.92. The van der Waals surface area contributed by atoms with Crippen molar-refractivity contribution in [1.82, 2.24) is 0 Å². The summed E-state index contributed by atoms with van der Waals surface area (Å²) in [6.07, 6.45) is 3.35. The normalized spacial score (nSPS) is 16.5. The van der Waals surface area contributed by atoms with Crippen LogP contribution in [0.2, 0.25) is 0 Å². The zero-order chi connectivity index (χ0) is 19.6. The molecule has 1 unspecified atom stereocenters. The molecular formula is C26H27NO2. The first-order valence-electron chi connectivity index (χ1n) is 10.6. The third-order valence-corrected chi connectivity index (χ3v) is 6.03. The van der Waals surface area contributed by atoms with E-state index in [9.17, 15) is 0 Å². The fraction of sp³-hybridized carbons (Fsp3) is 0.308. The fourth-order valence-corrected chi connectivity index (χ4v) is 4.40. The second-order valence-corrected chi connectivity index (χ2v) is 7.99. The van der Waals surface area contributed by atoms with Gasteiger partial charge in [-0.15, -0.1) is 0 Å². The quantitative estimate of drug-likeness (QED) is 0.352. The zero-order valence-corrected chi connectivity index (χ0v) is 16.7. The van der Waals surface area contributed by atoms with Crippen molar-refractivity contribution in [3.63, 3.8) is 0 Å². The number of hydrogen-bond donors (Lipinski definition) is 1. The van der Waals surface area contributed by atoms with Gasteiger partial charge in [0.1, 0.15) is 6.10 Å². The van der Waals surface area contributed by atoms with Crippen molar-refractivity contribution in [2.24, 2.45) is 5.73 Å². The first-order valence-corrected chi connectivity index (χ1v) is 10.6. The number of rotatable bonds is 8. The van der Waals surface area contributed by atoms with Gasteiger partial charge in [0.15, 0.2) is 0 Å². The molecule has 1 fully saturated rings. The maximum absolute atomic E-state index is 6.11. The van der Waals surface area contributed by atoms with Crippen molar-refractivity contribution in [1.29, 1.82) is 0 Å². The smallest absolute Gasteiger partial charge is 0.104 e. The van der Waals surface area contributed by atoms with E-state index < -0.39 is 0 Å². The SMILES string of the molecule is NCc1cc(-c2cccc3c2Cc2ccccc2-3)ccc1CCCOCC1CO1. The van der Waals surface area contributed by atoms with E-state index in [1.165, 1.54) is 44.5 Å². The van der Waals surface area contributed by atoms with Crippen LogP contribution in [0.1, 0.15) is 28.7 Å². The molecule has 0 aromatic heterocycles. The molecule has 3 aromatic rings. The van der Waals surface area contributed by atoms with E-state index in [4.69, 9.17) is 15.2 Å². The Balaban J connectivity index is 1.35. The number of ether oxygens (including phenoxy) is 2. The second-order valence-electron chi connectivity index (χ2n) is 7.99. The molecule has 1 heterocycles. The van der Waals surface area contributed by atoms with E-state index in [1.807, 2.05) is 0 Å². The molecule has 2 N–H and O–H groups in total. The van der Waals surface area contributed by atoms with Crippen LogP contribution in [0.15, 0.2) is 60.7 Å². The molecule has 0 amide bonds. The molecule has 148 valence electrons. The van der Waals surface area contributed by atoms with Crippen molar-refractivity contribution in [3.05, 3.63) is 82.9 Å². The maximum atomic E-state index is 6.11. The van der Waals surface area contributed by atoms with Gasteiger partial charge in [-0.3, -0.25) is 0 Å². The lowest BCUT2D eigenvalue weighted by Crippen LogP contribution is -2.06. The van der Waals surface area contributed by atoms with Crippen molar-refractivity contribution in [3.8, 4) is 22.3 Å². The van der Waals surface area contributed by atoms with Gasteiger partial charge in [-0.1, -0.05) is 54.6 Å². The van der Waals surface area contributed by atoms with Crippen LogP contribution in [0, 0.1) is 0 Å². The molecule has 1 aliphatic carbocycles. The minimum atomic E-state index is 0.340. The summed E-state index contributed by atoms with van der Waals surface area (Å²) in [7, 11) is 0. The first-order chi connectivity index (χ1) is 14.3. The van der Waals surface area contributed by atoms with Gasteiger partial charge >= 0.3 is 0 Å². The highest BCUT2D eigenvalue weighted by molar-refractivity contribution is 5.84. The van der Waals surface area contributed by atoms with Crippen molar-refractivity contribution < 1.29 is 9.47 Å². The predicted octanol–water partition coefficient (Wildman–Crippen LogP) is 4.73. The summed E-state index contributed by atoms with van der Waals surface area (Å²) in [5, 5.41) is 0. The molecule has 5 rings (SSSR count). The van der Waals surface area contributed by atoms with Crippen molar-refractivity contribution in [2.45, 2.75) is 31.9 Å². The minimum Gasteiger partial charge on any atom is -0.379 e. The van der Waals surface area contributed by atoms with Gasteiger partial charge in [0, 0.05) is 13.2 Å². The molecule has 3 heteroatoms. The number of epoxide rings is 1. The standard InChI is InChI=1S/C26H27NO2/c27-15-21-13-20(11-10-18(21)6-4-12-28-16-22-17-29-22)24-8-3-9-25-23-7-2-1-5-19(23)14-26(24)25/h1-3,5,7-11,13,22H,4,6,12,14-17,27H2. The first kappa shape index (κ1) is 18.6. The summed E-state index contributed by atoms with van der Waals surface area (Å²) >= 11 is 0. The number of nitrogens with two attached hydrogens (primary N) is 1. The summed E-state index contributed by atoms with van der Waals surface area (Å²) < 4.78 is 10.8. The van der Waals surface area contributed by atoms with E-state index in [0.717, 1.165) is 39.1 Å². The van der Waals surface area contributed by atoms with E-state index in [-0.39, 0.29) is 0 Å². The molecule has 2 aliphatic rings. The minimum absolute atomic E-state index is 0.340. The summed E-state index contributed by atoms with van der Waals surface area (Å²) in [6, 6.07) is 22.2. The van der Waals surface area contributed by atoms with Crippen LogP contribution < -0.4 is 5.73 Å². The van der Waals surface area contributed by atoms with Crippen LogP contribution in [0.5, 0.6) is 0 Å². The highest BCUT2D eigenvalue weighted by Gasteiger charge is 2.22. The molecule has 0 radical (unpaired) electrons. The van der Waals surface area contributed by atoms with E-state index in [2.05, 4.69) is 60.7 Å². The highest BCUT2D eigenvalue weighted by Crippen LogP contribution is 2.41. The van der Waals surface area contributed by atoms with Gasteiger partial charge in [-0.2, -0.15) is 0 Å². The maximum Gasteiger partial charge on any atom is 0.104 e. The molecule has 1 aliphatic heterocycles. The Hall–Kier alpha value is -2.46. The topological polar surface area (TPSA) is 47.8 Å². The second kappa shape index (κ2) is 8.11. The summed E-state index contributed by atoms with van der Waals surface area (Å²) in [5.74, 6) is 0. The molecule has 0 saturated carbocycles. The zero-order valence-electron chi connectivity index (χ0n) is 16.7. The van der Waals surface area contributed by atoms with Gasteiger partial charge in [0.2, 0.25) is 0 Å². The molecular weight excluding hydrogens is 358 g/mol. The lowest BCUT2D eigenvalue weighted by molar-refractivity contribution is 0.114. The average Bonchev–Trinajstić information content (AvgIpc) is 3.51. The molecule has 3 aromatic carbocycles. The Morgan fingerprint density at radius 3 is 2.62 bits per heavy atom. The fourth-order valence-electron chi connectivity index (χ4n) is 4.40. The molecule has 0 spiro atoms. The number of fused-ring (bicyclic) bond motifs is 3. The van der Waals surface area contributed by atoms with E-state index in [1.54, 1.807) is 0 Å². The third-order valence-electron chi connectivity index (χ3n) is 6.03. The Morgan fingerprint density at radius 2 is 1.76 bits per heavy atom. The van der Waals surface area contributed by atoms with Crippen LogP contribution in [-0.2, 0) is 28.9 Å². The van der Waals surface area contributed by atoms with Gasteiger partial charge in [-0.05, 0) is 69.8 Å². The molecule has 29 heavy (non-hydrogen) atoms. The lowest BCUT2D eigenvalue weighted by Gasteiger charge is -2.13. The van der Waals surface area contributed by atoms with Crippen molar-refractivity contribution in [2.75, 3.05) is 19.8 Å². The monoisotopic (exact) mass is 385 g/mol. The summed E-state index contributed by atoms with van der Waals surface area (Å²) in [6.45, 7) is 2.92. The third kappa shape index (κ3) is 3.86. The van der Waals surface area contributed by atoms with Gasteiger partial charge in [0.25, 0.3) is 0 Å². The van der Waals surface area contributed by atoms with Gasteiger partial charge in [0.05, 0.1) is 13.2 Å². The summed E-state index contributed by atoms with van der Waals surface area (Å²) in [5.41, 5.74) is 16.9. The Kier molecular flexibility index (Phi) is 5.19. The number of hydrogen-bond acceptors (Lipinski definition) is 3. The van der Waals surface area contributed by atoms with E-state index in [0.29, 0.717) is 12.6 Å². The Morgan fingerprint density at radius 1 is 0.931 bits per heavy atom. The Bertz CT molecular complexity index is 1020. The highest BCUT2D eigenvalue weighted by atomic mass is 16.6. The van der Waals surface area contributed by atoms with Crippen LogP contribution in [0.3, 0.4) is 0 Å². The van der Waals surface area contributed by atoms with Crippen LogP contribution >= 0.6 is 0 Å². The molecule has 0 bridgehead atoms. The molecule has 1 saturated heterocycles.